The van der Waals surface area contributed by atoms with Crippen LogP contribution in [0, 0.1) is 11.8 Å². The summed E-state index contributed by atoms with van der Waals surface area (Å²) in [7, 11) is -4.70. The van der Waals surface area contributed by atoms with E-state index in [1.807, 2.05) is 16.9 Å². The highest BCUT2D eigenvalue weighted by atomic mass is 35.5. The van der Waals surface area contributed by atoms with Gasteiger partial charge in [-0.05, 0) is 98.2 Å². The number of aliphatic hydroxyl groups excluding tert-OH is 1. The van der Waals surface area contributed by atoms with E-state index in [2.05, 4.69) is 11.0 Å². The Bertz CT molecular complexity index is 1500. The number of anilines is 1. The quantitative estimate of drug-likeness (QED) is 0.407. The number of nitrogens with zero attached hydrogens (tertiary/aromatic N) is 1. The van der Waals surface area contributed by atoms with Gasteiger partial charge < -0.3 is 14.7 Å². The van der Waals surface area contributed by atoms with Crippen molar-refractivity contribution in [1.82, 2.24) is 4.72 Å². The molecule has 2 aliphatic carbocycles. The summed E-state index contributed by atoms with van der Waals surface area (Å²) in [6, 6.07) is 10.8. The second-order valence-corrected chi connectivity index (χ2v) is 15.4. The summed E-state index contributed by atoms with van der Waals surface area (Å²) in [5.74, 6) is -3.65. The fraction of sp³-hybridized carbons (Fsp3) is 0.594. The van der Waals surface area contributed by atoms with E-state index in [4.69, 9.17) is 16.3 Å². The van der Waals surface area contributed by atoms with Crippen LogP contribution in [-0.4, -0.2) is 56.4 Å². The molecule has 11 heteroatoms. The molecular weight excluding hydrogens is 598 g/mol. The van der Waals surface area contributed by atoms with Gasteiger partial charge in [0.1, 0.15) is 11.0 Å². The van der Waals surface area contributed by atoms with Gasteiger partial charge in [0.2, 0.25) is 10.0 Å². The zero-order chi connectivity index (χ0) is 30.6. The maximum atomic E-state index is 14.5. The van der Waals surface area contributed by atoms with E-state index in [1.54, 1.807) is 12.1 Å². The monoisotopic (exact) mass is 636 g/mol. The third kappa shape index (κ3) is 5.99. The predicted octanol–water partition coefficient (Wildman–Crippen LogP) is 5.86. The van der Waals surface area contributed by atoms with Crippen molar-refractivity contribution < 1.29 is 31.8 Å². The number of sulfonamides is 1. The molecule has 6 rings (SSSR count). The van der Waals surface area contributed by atoms with E-state index in [0.717, 1.165) is 32.1 Å². The number of carbonyl (C=O) groups is 1. The van der Waals surface area contributed by atoms with E-state index in [0.29, 0.717) is 55.9 Å². The van der Waals surface area contributed by atoms with Gasteiger partial charge in [-0.25, -0.2) is 21.9 Å². The van der Waals surface area contributed by atoms with Crippen LogP contribution in [0.5, 0.6) is 5.75 Å². The average molecular weight is 637 g/mol. The molecule has 2 bridgehead atoms. The lowest BCUT2D eigenvalue weighted by Crippen LogP contribution is -2.49. The molecule has 2 aromatic carbocycles. The average Bonchev–Trinajstić information content (AvgIpc) is 3.06. The molecule has 0 unspecified atom stereocenters. The Balaban J connectivity index is 1.41. The van der Waals surface area contributed by atoms with E-state index in [9.17, 15) is 27.1 Å². The standard InChI is InChI=1S/C32H39ClF2N2O5S/c1-31(34,35)29-7-3-2-6-27(38)24-11-8-22(24)17-37-18-32(14-4-5-20-15-23(33)10-12-25(20)32)19-42-28-13-9-21(16-26(28)37)30(39)36-43(29,40)41/h9-10,12-13,15-16,22,24,27,29,38H,2-8,11,14,17-19H2,1H3,(H,36,39)/t22-,24+,27-,29+,32-/m0/s1. The number of hydrogen-bond donors (Lipinski definition) is 2. The summed E-state index contributed by atoms with van der Waals surface area (Å²) in [5.41, 5.74) is 2.78. The first kappa shape index (κ1) is 30.6. The summed E-state index contributed by atoms with van der Waals surface area (Å²) in [6.07, 6.45) is 4.77. The first-order valence-electron chi connectivity index (χ1n) is 15.3. The van der Waals surface area contributed by atoms with Crippen LogP contribution in [0.3, 0.4) is 0 Å². The lowest BCUT2D eigenvalue weighted by molar-refractivity contribution is 0.00583. The van der Waals surface area contributed by atoms with Crippen molar-refractivity contribution in [1.29, 1.82) is 0 Å². The van der Waals surface area contributed by atoms with Crippen molar-refractivity contribution in [3.63, 3.8) is 0 Å². The SMILES string of the molecule is CC(F)(F)[C@H]1CCCC[C@H](O)[C@@H]2CC[C@H]2CN2C[C@@]3(CCCc4cc(Cl)ccc43)COc3ccc(cc32)C(=O)NS1(=O)=O. The molecule has 2 heterocycles. The van der Waals surface area contributed by atoms with Crippen LogP contribution in [0.25, 0.3) is 0 Å². The molecule has 0 saturated heterocycles. The normalized spacial score (nSPS) is 31.1. The smallest absolute Gasteiger partial charge is 0.264 e. The molecule has 43 heavy (non-hydrogen) atoms. The Hall–Kier alpha value is -2.43. The highest BCUT2D eigenvalue weighted by molar-refractivity contribution is 7.90. The third-order valence-corrected chi connectivity index (χ3v) is 12.2. The number of alkyl halides is 2. The van der Waals surface area contributed by atoms with Gasteiger partial charge in [0, 0.05) is 36.0 Å². The topological polar surface area (TPSA) is 95.9 Å². The number of carbonyl (C=O) groups excluding carboxylic acids is 1. The van der Waals surface area contributed by atoms with Crippen LogP contribution in [0.15, 0.2) is 36.4 Å². The van der Waals surface area contributed by atoms with Gasteiger partial charge in [0.25, 0.3) is 11.8 Å². The number of fused-ring (bicyclic) bond motifs is 4. The van der Waals surface area contributed by atoms with Crippen molar-refractivity contribution in [3.8, 4) is 5.75 Å². The Kier molecular flexibility index (Phi) is 8.18. The van der Waals surface area contributed by atoms with E-state index >= 15 is 0 Å². The van der Waals surface area contributed by atoms with Gasteiger partial charge in [-0.15, -0.1) is 0 Å². The summed E-state index contributed by atoms with van der Waals surface area (Å²) in [5, 5.41) is 9.74. The van der Waals surface area contributed by atoms with Gasteiger partial charge in [-0.2, -0.15) is 0 Å². The number of aryl methyl sites for hydroxylation is 1. The van der Waals surface area contributed by atoms with Gasteiger partial charge in [-0.1, -0.05) is 30.5 Å². The lowest BCUT2D eigenvalue weighted by atomic mass is 9.68. The van der Waals surface area contributed by atoms with Crippen LogP contribution >= 0.6 is 11.6 Å². The van der Waals surface area contributed by atoms with Gasteiger partial charge >= 0.3 is 0 Å². The second kappa shape index (κ2) is 11.5. The zero-order valence-corrected chi connectivity index (χ0v) is 25.9. The van der Waals surface area contributed by atoms with Crippen LogP contribution in [-0.2, 0) is 21.9 Å². The Morgan fingerprint density at radius 1 is 1.09 bits per heavy atom. The summed E-state index contributed by atoms with van der Waals surface area (Å²) in [6.45, 7) is 2.26. The van der Waals surface area contributed by atoms with Crippen molar-refractivity contribution in [2.45, 2.75) is 87.4 Å². The van der Waals surface area contributed by atoms with E-state index < -0.39 is 33.2 Å². The number of ether oxygens (including phenoxy) is 1. The maximum Gasteiger partial charge on any atom is 0.264 e. The molecule has 2 aliphatic heterocycles. The largest absolute Gasteiger partial charge is 0.490 e. The minimum Gasteiger partial charge on any atom is -0.490 e. The van der Waals surface area contributed by atoms with Gasteiger partial charge in [0.15, 0.2) is 0 Å². The van der Waals surface area contributed by atoms with Crippen LogP contribution < -0.4 is 14.4 Å². The van der Waals surface area contributed by atoms with E-state index in [1.165, 1.54) is 17.2 Å². The molecule has 5 atom stereocenters. The van der Waals surface area contributed by atoms with E-state index in [-0.39, 0.29) is 35.7 Å². The fourth-order valence-electron chi connectivity index (χ4n) is 7.70. The maximum absolute atomic E-state index is 14.5. The number of nitrogens with one attached hydrogen (secondary N) is 1. The molecule has 2 N–H and O–H groups in total. The molecule has 234 valence electrons. The van der Waals surface area contributed by atoms with Gasteiger partial charge in [-0.3, -0.25) is 4.79 Å². The van der Waals surface area contributed by atoms with Crippen molar-refractivity contribution in [2.24, 2.45) is 11.8 Å². The molecule has 1 saturated carbocycles. The summed E-state index contributed by atoms with van der Waals surface area (Å²) < 4.78 is 63.7. The second-order valence-electron chi connectivity index (χ2n) is 13.1. The molecular formula is C32H39ClF2N2O5S. The van der Waals surface area contributed by atoms with Crippen molar-refractivity contribution in [2.75, 3.05) is 24.6 Å². The van der Waals surface area contributed by atoms with Crippen molar-refractivity contribution >= 4 is 33.2 Å². The summed E-state index contributed by atoms with van der Waals surface area (Å²) >= 11 is 6.36. The molecule has 0 aromatic heterocycles. The number of amides is 1. The number of halogens is 3. The third-order valence-electron chi connectivity index (χ3n) is 10.1. The lowest BCUT2D eigenvalue weighted by Gasteiger charge is -2.45. The van der Waals surface area contributed by atoms with Gasteiger partial charge in [0.05, 0.1) is 18.4 Å². The molecule has 2 aromatic rings. The molecule has 1 amide bonds. The molecule has 4 aliphatic rings. The summed E-state index contributed by atoms with van der Waals surface area (Å²) in [4.78, 5) is 15.5. The van der Waals surface area contributed by atoms with Crippen LogP contribution in [0.4, 0.5) is 14.5 Å². The predicted molar refractivity (Wildman–Crippen MR) is 162 cm³/mol. The molecule has 7 nitrogen and oxygen atoms in total. The van der Waals surface area contributed by atoms with Crippen LogP contribution in [0.2, 0.25) is 5.02 Å². The molecule has 0 radical (unpaired) electrons. The number of hydrogen-bond acceptors (Lipinski definition) is 6. The fourth-order valence-corrected chi connectivity index (χ4v) is 9.44. The molecule has 1 spiro atoms. The number of aliphatic hydroxyl groups is 1. The number of rotatable bonds is 1. The Morgan fingerprint density at radius 3 is 2.63 bits per heavy atom. The van der Waals surface area contributed by atoms with Crippen molar-refractivity contribution in [3.05, 3.63) is 58.1 Å². The number of benzene rings is 2. The molecule has 1 fully saturated rings. The Morgan fingerprint density at radius 2 is 1.88 bits per heavy atom. The Labute approximate surface area is 257 Å². The minimum atomic E-state index is -4.70. The zero-order valence-electron chi connectivity index (χ0n) is 24.3. The minimum absolute atomic E-state index is 0.0539. The van der Waals surface area contributed by atoms with Crippen LogP contribution in [0.1, 0.15) is 79.8 Å². The first-order chi connectivity index (χ1) is 20.4. The highest BCUT2D eigenvalue weighted by Crippen LogP contribution is 2.47. The highest BCUT2D eigenvalue weighted by Gasteiger charge is 2.46. The first-order valence-corrected chi connectivity index (χ1v) is 17.2.